The molecule has 0 aromatic heterocycles. The van der Waals surface area contributed by atoms with Gasteiger partial charge in [0.1, 0.15) is 24.4 Å². The Balaban J connectivity index is 2.89. The van der Waals surface area contributed by atoms with Gasteiger partial charge in [-0.25, -0.2) is 0 Å². The molecule has 0 bridgehead atoms. The molecule has 17 heavy (non-hydrogen) atoms. The lowest BCUT2D eigenvalue weighted by Crippen LogP contribution is -2.60. The Hall–Kier alpha value is -0.0900. The van der Waals surface area contributed by atoms with E-state index in [9.17, 15) is 25.0 Å². The first-order valence-corrected chi connectivity index (χ1v) is 6.34. The topological polar surface area (TPSA) is 157 Å². The van der Waals surface area contributed by atoms with Crippen LogP contribution in [0.1, 0.15) is 0 Å². The standard InChI is InChI=1S/C7H15O9P/c1-15-7-4(10)2(8)3(9)5(16-7)6(11)17(12,13)14/h2-11H,1H3,(H2,12,13,14)/t2-,3-,4+,5-,6-,7-/m0/s1. The maximum Gasteiger partial charge on any atom is 0.356 e. The number of rotatable bonds is 3. The number of methoxy groups -OCH3 is 1. The van der Waals surface area contributed by atoms with Crippen LogP contribution >= 0.6 is 7.60 Å². The molecule has 1 fully saturated rings. The van der Waals surface area contributed by atoms with Gasteiger partial charge in [-0.3, -0.25) is 4.57 Å². The number of hydrogen-bond donors (Lipinski definition) is 6. The molecule has 0 aliphatic carbocycles. The number of aliphatic hydroxyl groups is 4. The third-order valence-electron chi connectivity index (χ3n) is 2.48. The molecule has 0 spiro atoms. The smallest absolute Gasteiger partial charge is 0.356 e. The van der Waals surface area contributed by atoms with Crippen molar-refractivity contribution in [2.45, 2.75) is 36.6 Å². The highest BCUT2D eigenvalue weighted by Crippen LogP contribution is 2.44. The van der Waals surface area contributed by atoms with Crippen molar-refractivity contribution in [2.75, 3.05) is 7.11 Å². The summed E-state index contributed by atoms with van der Waals surface area (Å²) in [4.78, 5) is 17.5. The van der Waals surface area contributed by atoms with Crippen LogP contribution in [-0.4, -0.2) is 73.9 Å². The van der Waals surface area contributed by atoms with Gasteiger partial charge in [0.2, 0.25) is 0 Å². The second-order valence-electron chi connectivity index (χ2n) is 3.68. The predicted octanol–water partition coefficient (Wildman–Crippen LogP) is -3.06. The van der Waals surface area contributed by atoms with Gasteiger partial charge in [-0.2, -0.15) is 0 Å². The van der Waals surface area contributed by atoms with Crippen molar-refractivity contribution in [1.29, 1.82) is 0 Å². The lowest BCUT2D eigenvalue weighted by Gasteiger charge is -2.41. The lowest BCUT2D eigenvalue weighted by atomic mass is 9.99. The summed E-state index contributed by atoms with van der Waals surface area (Å²) < 4.78 is 20.2. The van der Waals surface area contributed by atoms with Crippen LogP contribution in [-0.2, 0) is 14.0 Å². The van der Waals surface area contributed by atoms with Crippen LogP contribution in [0.2, 0.25) is 0 Å². The summed E-state index contributed by atoms with van der Waals surface area (Å²) in [6, 6.07) is 0. The average molecular weight is 274 g/mol. The van der Waals surface area contributed by atoms with Crippen molar-refractivity contribution in [2.24, 2.45) is 0 Å². The minimum Gasteiger partial charge on any atom is -0.387 e. The summed E-state index contributed by atoms with van der Waals surface area (Å²) in [6.07, 6.45) is -8.35. The maximum absolute atomic E-state index is 10.8. The SMILES string of the molecule is CO[C@H]1O[C@H]([C@@H](O)P(=O)(O)O)[C@@H](O)[C@H](O)[C@H]1O. The highest BCUT2D eigenvalue weighted by molar-refractivity contribution is 7.52. The predicted molar refractivity (Wildman–Crippen MR) is 51.7 cm³/mol. The van der Waals surface area contributed by atoms with Gasteiger partial charge in [-0.05, 0) is 0 Å². The molecule has 1 aliphatic heterocycles. The molecule has 102 valence electrons. The van der Waals surface area contributed by atoms with Crippen molar-refractivity contribution in [1.82, 2.24) is 0 Å². The molecule has 0 radical (unpaired) electrons. The maximum atomic E-state index is 10.8. The van der Waals surface area contributed by atoms with E-state index in [0.29, 0.717) is 0 Å². The van der Waals surface area contributed by atoms with Crippen LogP contribution in [0, 0.1) is 0 Å². The monoisotopic (exact) mass is 274 g/mol. The first-order chi connectivity index (χ1) is 7.70. The zero-order valence-electron chi connectivity index (χ0n) is 8.82. The van der Waals surface area contributed by atoms with Gasteiger partial charge in [-0.1, -0.05) is 0 Å². The van der Waals surface area contributed by atoms with Crippen molar-refractivity contribution in [3.05, 3.63) is 0 Å². The van der Waals surface area contributed by atoms with Crippen molar-refractivity contribution in [3.63, 3.8) is 0 Å². The summed E-state index contributed by atoms with van der Waals surface area (Å²) in [5.74, 6) is -2.32. The number of ether oxygens (including phenoxy) is 2. The minimum absolute atomic E-state index is 1.12. The molecule has 1 saturated heterocycles. The Morgan fingerprint density at radius 2 is 1.71 bits per heavy atom. The van der Waals surface area contributed by atoms with E-state index in [0.717, 1.165) is 7.11 Å². The zero-order valence-corrected chi connectivity index (χ0v) is 9.71. The van der Waals surface area contributed by atoms with Gasteiger partial charge in [0.15, 0.2) is 12.1 Å². The molecular formula is C7H15O9P. The van der Waals surface area contributed by atoms with Crippen LogP contribution in [0.3, 0.4) is 0 Å². The molecule has 0 aromatic rings. The summed E-state index contributed by atoms with van der Waals surface area (Å²) in [5.41, 5.74) is 0. The van der Waals surface area contributed by atoms with E-state index in [1.807, 2.05) is 0 Å². The zero-order chi connectivity index (χ0) is 13.4. The number of aliphatic hydroxyl groups excluding tert-OH is 4. The fourth-order valence-electron chi connectivity index (χ4n) is 1.51. The quantitative estimate of drug-likeness (QED) is 0.294. The molecule has 6 atom stereocenters. The van der Waals surface area contributed by atoms with Crippen molar-refractivity contribution < 1.29 is 44.3 Å². The van der Waals surface area contributed by atoms with Crippen LogP contribution in [0.5, 0.6) is 0 Å². The largest absolute Gasteiger partial charge is 0.387 e. The molecule has 0 amide bonds. The lowest BCUT2D eigenvalue weighted by molar-refractivity contribution is -0.298. The second kappa shape index (κ2) is 5.27. The molecule has 6 N–H and O–H groups in total. The first-order valence-electron chi connectivity index (χ1n) is 4.66. The van der Waals surface area contributed by atoms with E-state index in [1.54, 1.807) is 0 Å². The molecule has 0 aromatic carbocycles. The molecule has 10 heteroatoms. The summed E-state index contributed by atoms with van der Waals surface area (Å²) in [7, 11) is -3.80. The molecule has 0 saturated carbocycles. The van der Waals surface area contributed by atoms with Crippen molar-refractivity contribution in [3.8, 4) is 0 Å². The Bertz CT molecular complexity index is 302. The van der Waals surface area contributed by atoms with E-state index in [4.69, 9.17) is 14.5 Å². The second-order valence-corrected chi connectivity index (χ2v) is 5.39. The fourth-order valence-corrected chi connectivity index (χ4v) is 2.14. The van der Waals surface area contributed by atoms with E-state index in [1.165, 1.54) is 0 Å². The van der Waals surface area contributed by atoms with Gasteiger partial charge >= 0.3 is 7.60 Å². The third kappa shape index (κ3) is 3.02. The van der Waals surface area contributed by atoms with Crippen LogP contribution in [0.4, 0.5) is 0 Å². The van der Waals surface area contributed by atoms with Crippen LogP contribution in [0.25, 0.3) is 0 Å². The fraction of sp³-hybridized carbons (Fsp3) is 1.00. The van der Waals surface area contributed by atoms with Gasteiger partial charge in [0, 0.05) is 7.11 Å². The summed E-state index contributed by atoms with van der Waals surface area (Å²) in [5, 5.41) is 37.5. The van der Waals surface area contributed by atoms with E-state index in [-0.39, 0.29) is 0 Å². The van der Waals surface area contributed by atoms with E-state index >= 15 is 0 Å². The highest BCUT2D eigenvalue weighted by atomic mass is 31.2. The molecule has 0 unspecified atom stereocenters. The van der Waals surface area contributed by atoms with Gasteiger partial charge in [0.05, 0.1) is 0 Å². The Morgan fingerprint density at radius 1 is 1.18 bits per heavy atom. The van der Waals surface area contributed by atoms with E-state index < -0.39 is 44.1 Å². The Kier molecular flexibility index (Phi) is 4.64. The van der Waals surface area contributed by atoms with Gasteiger partial charge in [-0.15, -0.1) is 0 Å². The molecule has 1 rings (SSSR count). The third-order valence-corrected chi connectivity index (χ3v) is 3.46. The Morgan fingerprint density at radius 3 is 2.12 bits per heavy atom. The van der Waals surface area contributed by atoms with Crippen LogP contribution in [0.15, 0.2) is 0 Å². The minimum atomic E-state index is -4.92. The number of hydrogen-bond acceptors (Lipinski definition) is 7. The summed E-state index contributed by atoms with van der Waals surface area (Å²) >= 11 is 0. The normalized spacial score (nSPS) is 41.2. The molecule has 1 aliphatic rings. The Labute approximate surface area is 96.4 Å². The first kappa shape index (κ1) is 15.0. The molecule has 9 nitrogen and oxygen atoms in total. The molecular weight excluding hydrogens is 259 g/mol. The highest BCUT2D eigenvalue weighted by Gasteiger charge is 2.50. The molecule has 1 heterocycles. The average Bonchev–Trinajstić information content (AvgIpc) is 2.24. The van der Waals surface area contributed by atoms with Gasteiger partial charge < -0.3 is 39.7 Å². The van der Waals surface area contributed by atoms with Gasteiger partial charge in [0.25, 0.3) is 0 Å². The van der Waals surface area contributed by atoms with E-state index in [2.05, 4.69) is 4.74 Å². The van der Waals surface area contributed by atoms with Crippen LogP contribution < -0.4 is 0 Å². The summed E-state index contributed by atoms with van der Waals surface area (Å²) in [6.45, 7) is 0. The van der Waals surface area contributed by atoms with Crippen molar-refractivity contribution >= 4 is 7.60 Å².